The summed E-state index contributed by atoms with van der Waals surface area (Å²) in [7, 11) is 0. The molecule has 3 rings (SSSR count). The third-order valence-corrected chi connectivity index (χ3v) is 5.52. The van der Waals surface area contributed by atoms with E-state index in [4.69, 9.17) is 11.6 Å². The van der Waals surface area contributed by atoms with Gasteiger partial charge in [-0.1, -0.05) is 29.4 Å². The zero-order chi connectivity index (χ0) is 15.9. The molecule has 1 N–H and O–H groups in total. The molecule has 0 saturated heterocycles. The summed E-state index contributed by atoms with van der Waals surface area (Å²) < 4.78 is 38.5. The van der Waals surface area contributed by atoms with Crippen molar-refractivity contribution in [3.8, 4) is 0 Å². The van der Waals surface area contributed by atoms with Crippen LogP contribution in [0.5, 0.6) is 0 Å². The van der Waals surface area contributed by atoms with Crippen LogP contribution in [0, 0.1) is 0 Å². The van der Waals surface area contributed by atoms with Crippen LogP contribution in [0.2, 0.25) is 5.02 Å². The molecule has 0 bridgehead atoms. The van der Waals surface area contributed by atoms with Gasteiger partial charge in [-0.05, 0) is 12.1 Å². The molecule has 1 aromatic heterocycles. The van der Waals surface area contributed by atoms with Gasteiger partial charge in [0, 0.05) is 15.8 Å². The molecule has 1 aliphatic heterocycles. The van der Waals surface area contributed by atoms with Gasteiger partial charge in [-0.3, -0.25) is 9.79 Å². The maximum atomic E-state index is 12.7. The van der Waals surface area contributed by atoms with Gasteiger partial charge in [0.2, 0.25) is 0 Å². The third kappa shape index (κ3) is 2.95. The van der Waals surface area contributed by atoms with Crippen LogP contribution in [0.3, 0.4) is 0 Å². The van der Waals surface area contributed by atoms with Gasteiger partial charge in [0.15, 0.2) is 5.17 Å². The molecule has 0 aliphatic carbocycles. The Kier molecular flexibility index (Phi) is 4.09. The van der Waals surface area contributed by atoms with E-state index in [1.807, 2.05) is 0 Å². The van der Waals surface area contributed by atoms with Crippen molar-refractivity contribution in [1.82, 2.24) is 5.32 Å². The number of hydrogen-bond donors (Lipinski definition) is 1. The topological polar surface area (TPSA) is 41.5 Å². The van der Waals surface area contributed by atoms with Gasteiger partial charge in [-0.2, -0.15) is 13.2 Å². The predicted molar refractivity (Wildman–Crippen MR) is 84.1 cm³/mol. The molecule has 0 saturated carbocycles. The maximum Gasteiger partial charge on any atom is 0.416 e. The molecule has 2 aromatic rings. The number of benzene rings is 1. The highest BCUT2D eigenvalue weighted by Crippen LogP contribution is 2.39. The predicted octanol–water partition coefficient (Wildman–Crippen LogP) is 4.41. The van der Waals surface area contributed by atoms with Crippen LogP contribution in [0.1, 0.15) is 15.2 Å². The third-order valence-electron chi connectivity index (χ3n) is 2.97. The van der Waals surface area contributed by atoms with Crippen LogP contribution in [0.4, 0.5) is 13.2 Å². The molecule has 0 fully saturated rings. The largest absolute Gasteiger partial charge is 0.416 e. The quantitative estimate of drug-likeness (QED) is 0.814. The average Bonchev–Trinajstić information content (AvgIpc) is 3.06. The van der Waals surface area contributed by atoms with E-state index in [1.165, 1.54) is 17.8 Å². The summed E-state index contributed by atoms with van der Waals surface area (Å²) >= 11 is 8.48. The van der Waals surface area contributed by atoms with E-state index in [1.54, 1.807) is 0 Å². The summed E-state index contributed by atoms with van der Waals surface area (Å²) in [5.41, 5.74) is -0.763. The van der Waals surface area contributed by atoms with Crippen molar-refractivity contribution in [2.45, 2.75) is 6.18 Å². The van der Waals surface area contributed by atoms with Crippen molar-refractivity contribution < 1.29 is 18.0 Å². The summed E-state index contributed by atoms with van der Waals surface area (Å²) in [5.74, 6) is 0.345. The first-order chi connectivity index (χ1) is 10.4. The van der Waals surface area contributed by atoms with Gasteiger partial charge in [-0.25, -0.2) is 0 Å². The van der Waals surface area contributed by atoms with Gasteiger partial charge in [0.05, 0.1) is 17.1 Å². The Labute approximate surface area is 136 Å². The Morgan fingerprint density at radius 1 is 1.36 bits per heavy atom. The minimum atomic E-state index is -4.43. The van der Waals surface area contributed by atoms with E-state index in [0.29, 0.717) is 21.8 Å². The van der Waals surface area contributed by atoms with Gasteiger partial charge in [-0.15, -0.1) is 11.3 Å². The van der Waals surface area contributed by atoms with Crippen molar-refractivity contribution in [2.24, 2.45) is 4.99 Å². The van der Waals surface area contributed by atoms with Crippen LogP contribution < -0.4 is 5.32 Å². The summed E-state index contributed by atoms with van der Waals surface area (Å²) in [4.78, 5) is 16.4. The van der Waals surface area contributed by atoms with E-state index < -0.39 is 17.6 Å². The number of nitrogens with one attached hydrogen (secondary N) is 1. The fourth-order valence-electron chi connectivity index (χ4n) is 1.95. The number of amidine groups is 1. The maximum absolute atomic E-state index is 12.7. The zero-order valence-electron chi connectivity index (χ0n) is 10.8. The Bertz CT molecular complexity index is 785. The van der Waals surface area contributed by atoms with Gasteiger partial charge >= 0.3 is 6.18 Å². The first kappa shape index (κ1) is 15.6. The molecule has 1 aromatic carbocycles. The van der Waals surface area contributed by atoms with E-state index >= 15 is 0 Å². The van der Waals surface area contributed by atoms with E-state index in [9.17, 15) is 18.0 Å². The number of thiophene rings is 1. The lowest BCUT2D eigenvalue weighted by Gasteiger charge is -2.05. The lowest BCUT2D eigenvalue weighted by Crippen LogP contribution is -2.26. The molecular weight excluding hydrogens is 357 g/mol. The Balaban J connectivity index is 1.96. The van der Waals surface area contributed by atoms with Crippen LogP contribution in [0.15, 0.2) is 23.2 Å². The molecule has 2 heterocycles. The number of thioether (sulfide) groups is 1. The molecule has 0 unspecified atom stereocenters. The fraction of sp³-hybridized carbons (Fsp3) is 0.231. The zero-order valence-corrected chi connectivity index (χ0v) is 13.2. The highest BCUT2D eigenvalue weighted by atomic mass is 35.5. The molecule has 3 nitrogen and oxygen atoms in total. The van der Waals surface area contributed by atoms with Crippen molar-refractivity contribution in [3.63, 3.8) is 0 Å². The Morgan fingerprint density at radius 3 is 2.77 bits per heavy atom. The highest BCUT2D eigenvalue weighted by molar-refractivity contribution is 8.14. The Hall–Kier alpha value is -1.25. The van der Waals surface area contributed by atoms with Crippen LogP contribution in [0.25, 0.3) is 10.1 Å². The summed E-state index contributed by atoms with van der Waals surface area (Å²) in [6.45, 7) is 0.634. The second-order valence-corrected chi connectivity index (χ2v) is 6.96. The van der Waals surface area contributed by atoms with E-state index in [2.05, 4.69) is 10.3 Å². The second kappa shape index (κ2) is 5.75. The SMILES string of the molecule is O=C(NC1=NCCS1)c1sc2cc(C(F)(F)F)ccc2c1Cl. The molecule has 22 heavy (non-hydrogen) atoms. The number of amides is 1. The van der Waals surface area contributed by atoms with Gasteiger partial charge < -0.3 is 5.32 Å². The standard InChI is InChI=1S/C13H8ClF3N2OS2/c14-9-7-2-1-6(13(15,16)17)5-8(7)22-10(9)11(20)19-12-18-3-4-21-12/h1-2,5H,3-4H2,(H,18,19,20). The van der Waals surface area contributed by atoms with Crippen LogP contribution in [-0.2, 0) is 6.18 Å². The number of fused-ring (bicyclic) bond motifs is 1. The monoisotopic (exact) mass is 364 g/mol. The number of aliphatic imine (C=N–C) groups is 1. The van der Waals surface area contributed by atoms with Crippen LogP contribution >= 0.6 is 34.7 Å². The summed E-state index contributed by atoms with van der Waals surface area (Å²) in [5, 5.41) is 3.73. The second-order valence-electron chi connectivity index (χ2n) is 4.44. The number of nitrogens with zero attached hydrogens (tertiary/aromatic N) is 1. The number of alkyl halides is 3. The van der Waals surface area contributed by atoms with Crippen molar-refractivity contribution in [1.29, 1.82) is 0 Å². The van der Waals surface area contributed by atoms with E-state index in [0.717, 1.165) is 29.2 Å². The highest BCUT2D eigenvalue weighted by Gasteiger charge is 2.31. The van der Waals surface area contributed by atoms with E-state index in [-0.39, 0.29) is 9.90 Å². The number of carbonyl (C=O) groups excluding carboxylic acids is 1. The first-order valence-electron chi connectivity index (χ1n) is 6.14. The van der Waals surface area contributed by atoms with Crippen LogP contribution in [-0.4, -0.2) is 23.4 Å². The smallest absolute Gasteiger partial charge is 0.301 e. The fourth-order valence-corrected chi connectivity index (χ4v) is 4.13. The number of carbonyl (C=O) groups is 1. The summed E-state index contributed by atoms with van der Waals surface area (Å²) in [6.07, 6.45) is -4.43. The number of halogens is 4. The minimum absolute atomic E-state index is 0.162. The first-order valence-corrected chi connectivity index (χ1v) is 8.32. The molecule has 0 atom stereocenters. The average molecular weight is 365 g/mol. The Morgan fingerprint density at radius 2 is 2.14 bits per heavy atom. The van der Waals surface area contributed by atoms with Crippen molar-refractivity contribution in [2.75, 3.05) is 12.3 Å². The lowest BCUT2D eigenvalue weighted by molar-refractivity contribution is -0.137. The molecule has 1 amide bonds. The van der Waals surface area contributed by atoms with Gasteiger partial charge in [0.25, 0.3) is 5.91 Å². The number of rotatable bonds is 1. The van der Waals surface area contributed by atoms with Crippen molar-refractivity contribution in [3.05, 3.63) is 33.7 Å². The normalized spacial score (nSPS) is 15.2. The number of hydrogen-bond acceptors (Lipinski definition) is 4. The molecule has 0 spiro atoms. The summed E-state index contributed by atoms with van der Waals surface area (Å²) in [6, 6.07) is 3.25. The van der Waals surface area contributed by atoms with Crippen molar-refractivity contribution >= 4 is 55.9 Å². The minimum Gasteiger partial charge on any atom is -0.301 e. The lowest BCUT2D eigenvalue weighted by atomic mass is 10.1. The molecule has 0 radical (unpaired) electrons. The molecule has 116 valence electrons. The molecular formula is C13H8ClF3N2OS2. The molecule has 9 heteroatoms. The molecule has 1 aliphatic rings. The van der Waals surface area contributed by atoms with Gasteiger partial charge in [0.1, 0.15) is 4.88 Å².